The fourth-order valence-electron chi connectivity index (χ4n) is 1.98. The molecule has 17 heavy (non-hydrogen) atoms. The molecular formula is C13H16N2O2. The van der Waals surface area contributed by atoms with Gasteiger partial charge in [-0.25, -0.2) is 0 Å². The van der Waals surface area contributed by atoms with Crippen molar-refractivity contribution in [3.05, 3.63) is 35.0 Å². The quantitative estimate of drug-likeness (QED) is 0.754. The molecule has 0 fully saturated rings. The van der Waals surface area contributed by atoms with Gasteiger partial charge in [0.1, 0.15) is 6.04 Å². The number of carbonyl (C=O) groups is 1. The molecule has 1 aromatic carbocycles. The molecular weight excluding hydrogens is 216 g/mol. The summed E-state index contributed by atoms with van der Waals surface area (Å²) in [6.45, 7) is 4.08. The number of nitrogens with one attached hydrogen (secondary N) is 1. The lowest BCUT2D eigenvalue weighted by Crippen LogP contribution is -2.32. The summed E-state index contributed by atoms with van der Waals surface area (Å²) in [6.07, 6.45) is 0.356. The van der Waals surface area contributed by atoms with Crippen LogP contribution in [0.15, 0.2) is 18.2 Å². The number of rotatable bonds is 3. The van der Waals surface area contributed by atoms with Crippen molar-refractivity contribution in [1.82, 2.24) is 4.98 Å². The van der Waals surface area contributed by atoms with Crippen molar-refractivity contribution in [3.63, 3.8) is 0 Å². The summed E-state index contributed by atoms with van der Waals surface area (Å²) >= 11 is 0. The first kappa shape index (κ1) is 11.7. The standard InChI is InChI=1S/C13H16N2O2/c1-7-8(2)15-12-4-3-9(5-10(7)12)6-11(14)13(16)17/h3-5,11,15H,6,14H2,1-2H3,(H,16,17). The van der Waals surface area contributed by atoms with Crippen LogP contribution in [0.3, 0.4) is 0 Å². The topological polar surface area (TPSA) is 79.1 Å². The third-order valence-electron chi connectivity index (χ3n) is 3.15. The van der Waals surface area contributed by atoms with Crippen LogP contribution in [0, 0.1) is 13.8 Å². The van der Waals surface area contributed by atoms with E-state index in [4.69, 9.17) is 10.8 Å². The molecule has 90 valence electrons. The maximum Gasteiger partial charge on any atom is 0.320 e. The minimum atomic E-state index is -0.966. The third kappa shape index (κ3) is 2.17. The first-order chi connectivity index (χ1) is 7.99. The molecule has 0 saturated heterocycles. The van der Waals surface area contributed by atoms with E-state index in [1.54, 1.807) is 0 Å². The summed E-state index contributed by atoms with van der Waals surface area (Å²) in [5.74, 6) is -0.966. The van der Waals surface area contributed by atoms with Crippen LogP contribution >= 0.6 is 0 Å². The first-order valence-electron chi connectivity index (χ1n) is 5.55. The molecule has 0 bridgehead atoms. The predicted molar refractivity (Wildman–Crippen MR) is 67.1 cm³/mol. The van der Waals surface area contributed by atoms with E-state index in [2.05, 4.69) is 11.9 Å². The SMILES string of the molecule is Cc1[nH]c2ccc(CC(N)C(=O)O)cc2c1C. The molecule has 4 heteroatoms. The summed E-state index contributed by atoms with van der Waals surface area (Å²) < 4.78 is 0. The van der Waals surface area contributed by atoms with Gasteiger partial charge in [0.2, 0.25) is 0 Å². The molecule has 0 saturated carbocycles. The molecule has 4 nitrogen and oxygen atoms in total. The average molecular weight is 232 g/mol. The van der Waals surface area contributed by atoms with Crippen LogP contribution in [-0.2, 0) is 11.2 Å². The lowest BCUT2D eigenvalue weighted by atomic mass is 10.0. The van der Waals surface area contributed by atoms with Crippen molar-refractivity contribution in [1.29, 1.82) is 0 Å². The van der Waals surface area contributed by atoms with E-state index in [1.165, 1.54) is 5.56 Å². The van der Waals surface area contributed by atoms with Gasteiger partial charge in [0.15, 0.2) is 0 Å². The smallest absolute Gasteiger partial charge is 0.320 e. The van der Waals surface area contributed by atoms with Gasteiger partial charge in [-0.3, -0.25) is 4.79 Å². The highest BCUT2D eigenvalue weighted by atomic mass is 16.4. The Labute approximate surface area is 99.4 Å². The largest absolute Gasteiger partial charge is 0.480 e. The van der Waals surface area contributed by atoms with E-state index in [1.807, 2.05) is 25.1 Å². The fraction of sp³-hybridized carbons (Fsp3) is 0.308. The maximum atomic E-state index is 10.7. The van der Waals surface area contributed by atoms with Crippen LogP contribution in [0.1, 0.15) is 16.8 Å². The summed E-state index contributed by atoms with van der Waals surface area (Å²) in [6, 6.07) is 5.06. The Kier molecular flexibility index (Phi) is 2.90. The van der Waals surface area contributed by atoms with Gasteiger partial charge >= 0.3 is 5.97 Å². The van der Waals surface area contributed by atoms with E-state index < -0.39 is 12.0 Å². The number of aryl methyl sites for hydroxylation is 2. The summed E-state index contributed by atoms with van der Waals surface area (Å²) in [5, 5.41) is 9.92. The van der Waals surface area contributed by atoms with E-state index >= 15 is 0 Å². The molecule has 4 N–H and O–H groups in total. The number of aromatic amines is 1. The lowest BCUT2D eigenvalue weighted by molar-refractivity contribution is -0.138. The van der Waals surface area contributed by atoms with Gasteiger partial charge < -0.3 is 15.8 Å². The van der Waals surface area contributed by atoms with Crippen LogP contribution in [-0.4, -0.2) is 22.1 Å². The van der Waals surface area contributed by atoms with E-state index in [0.717, 1.165) is 22.2 Å². The average Bonchev–Trinajstić information content (AvgIpc) is 2.55. The number of carboxylic acid groups (broad SMARTS) is 1. The molecule has 2 rings (SSSR count). The number of H-pyrrole nitrogens is 1. The van der Waals surface area contributed by atoms with Crippen LogP contribution < -0.4 is 5.73 Å². The van der Waals surface area contributed by atoms with Gasteiger partial charge in [-0.05, 0) is 43.5 Å². The van der Waals surface area contributed by atoms with Crippen LogP contribution in [0.4, 0.5) is 0 Å². The Balaban J connectivity index is 2.37. The predicted octanol–water partition coefficient (Wildman–Crippen LogP) is 1.74. The second kappa shape index (κ2) is 4.22. The zero-order valence-corrected chi connectivity index (χ0v) is 9.95. The molecule has 0 spiro atoms. The van der Waals surface area contributed by atoms with Crippen molar-refractivity contribution >= 4 is 16.9 Å². The van der Waals surface area contributed by atoms with Crippen molar-refractivity contribution in [3.8, 4) is 0 Å². The number of benzene rings is 1. The zero-order chi connectivity index (χ0) is 12.6. The number of fused-ring (bicyclic) bond motifs is 1. The minimum Gasteiger partial charge on any atom is -0.480 e. The van der Waals surface area contributed by atoms with Crippen LogP contribution in [0.2, 0.25) is 0 Å². The van der Waals surface area contributed by atoms with Gasteiger partial charge in [-0.2, -0.15) is 0 Å². The summed E-state index contributed by atoms with van der Waals surface area (Å²) in [5.41, 5.74) is 9.90. The molecule has 1 heterocycles. The zero-order valence-electron chi connectivity index (χ0n) is 9.95. The number of carboxylic acids is 1. The van der Waals surface area contributed by atoms with Gasteiger partial charge in [-0.1, -0.05) is 6.07 Å². The normalized spacial score (nSPS) is 12.9. The Bertz CT molecular complexity index is 572. The number of aliphatic carboxylic acids is 1. The highest BCUT2D eigenvalue weighted by Gasteiger charge is 2.13. The Hall–Kier alpha value is -1.81. The molecule has 0 radical (unpaired) electrons. The van der Waals surface area contributed by atoms with E-state index in [-0.39, 0.29) is 0 Å². The van der Waals surface area contributed by atoms with Gasteiger partial charge in [0.05, 0.1) is 0 Å². The molecule has 2 aromatic rings. The Morgan fingerprint density at radius 3 is 2.82 bits per heavy atom. The van der Waals surface area contributed by atoms with Crippen molar-refractivity contribution in [2.45, 2.75) is 26.3 Å². The highest BCUT2D eigenvalue weighted by Crippen LogP contribution is 2.22. The van der Waals surface area contributed by atoms with Crippen LogP contribution in [0.25, 0.3) is 10.9 Å². The minimum absolute atomic E-state index is 0.356. The monoisotopic (exact) mass is 232 g/mol. The van der Waals surface area contributed by atoms with Crippen molar-refractivity contribution in [2.24, 2.45) is 5.73 Å². The molecule has 0 aliphatic carbocycles. The number of nitrogens with two attached hydrogens (primary N) is 1. The Morgan fingerprint density at radius 1 is 1.47 bits per heavy atom. The summed E-state index contributed by atoms with van der Waals surface area (Å²) in [7, 11) is 0. The van der Waals surface area contributed by atoms with E-state index in [0.29, 0.717) is 6.42 Å². The number of aromatic nitrogens is 1. The summed E-state index contributed by atoms with van der Waals surface area (Å²) in [4.78, 5) is 14.0. The molecule has 1 unspecified atom stereocenters. The van der Waals surface area contributed by atoms with Gasteiger partial charge in [0, 0.05) is 16.6 Å². The first-order valence-corrected chi connectivity index (χ1v) is 5.55. The van der Waals surface area contributed by atoms with Crippen molar-refractivity contribution < 1.29 is 9.90 Å². The second-order valence-electron chi connectivity index (χ2n) is 4.40. The molecule has 0 aliphatic heterocycles. The number of hydrogen-bond donors (Lipinski definition) is 3. The molecule has 0 aliphatic rings. The fourth-order valence-corrected chi connectivity index (χ4v) is 1.98. The lowest BCUT2D eigenvalue weighted by Gasteiger charge is -2.06. The van der Waals surface area contributed by atoms with Gasteiger partial charge in [-0.15, -0.1) is 0 Å². The van der Waals surface area contributed by atoms with Crippen LogP contribution in [0.5, 0.6) is 0 Å². The Morgan fingerprint density at radius 2 is 2.18 bits per heavy atom. The van der Waals surface area contributed by atoms with E-state index in [9.17, 15) is 4.79 Å². The second-order valence-corrected chi connectivity index (χ2v) is 4.40. The third-order valence-corrected chi connectivity index (χ3v) is 3.15. The number of hydrogen-bond acceptors (Lipinski definition) is 2. The molecule has 0 amide bonds. The highest BCUT2D eigenvalue weighted by molar-refractivity contribution is 5.85. The maximum absolute atomic E-state index is 10.7. The van der Waals surface area contributed by atoms with Gasteiger partial charge in [0.25, 0.3) is 0 Å². The molecule has 1 aromatic heterocycles. The van der Waals surface area contributed by atoms with Crippen molar-refractivity contribution in [2.75, 3.05) is 0 Å². The molecule has 1 atom stereocenters.